The standard InChI is InChI=1S/C9H11BrO2S/c1-2-3-12-5-8(11)9-4-7(10)6-13-9/h4,6H,2-3,5H2,1H3. The molecule has 1 rings (SSSR count). The number of ketones is 1. The van der Waals surface area contributed by atoms with E-state index in [1.54, 1.807) is 0 Å². The molecule has 72 valence electrons. The third-order valence-corrected chi connectivity index (χ3v) is 3.16. The van der Waals surface area contributed by atoms with E-state index < -0.39 is 0 Å². The molecule has 0 aliphatic heterocycles. The molecule has 0 saturated carbocycles. The van der Waals surface area contributed by atoms with Crippen LogP contribution in [-0.2, 0) is 4.74 Å². The van der Waals surface area contributed by atoms with Crippen LogP contribution in [0, 0.1) is 0 Å². The molecular weight excluding hydrogens is 252 g/mol. The topological polar surface area (TPSA) is 26.3 Å². The van der Waals surface area contributed by atoms with Gasteiger partial charge in [0, 0.05) is 16.5 Å². The predicted octanol–water partition coefficient (Wildman–Crippen LogP) is 3.12. The molecule has 0 fully saturated rings. The van der Waals surface area contributed by atoms with Crippen LogP contribution in [0.2, 0.25) is 0 Å². The van der Waals surface area contributed by atoms with Gasteiger partial charge in [0.2, 0.25) is 0 Å². The van der Waals surface area contributed by atoms with E-state index in [0.717, 1.165) is 15.8 Å². The fraction of sp³-hybridized carbons (Fsp3) is 0.444. The number of halogens is 1. The summed E-state index contributed by atoms with van der Waals surface area (Å²) in [5, 5.41) is 1.90. The summed E-state index contributed by atoms with van der Waals surface area (Å²) in [6.07, 6.45) is 0.946. The number of hydrogen-bond donors (Lipinski definition) is 0. The van der Waals surface area contributed by atoms with Crippen molar-refractivity contribution in [1.82, 2.24) is 0 Å². The first kappa shape index (κ1) is 10.9. The van der Waals surface area contributed by atoms with Crippen LogP contribution >= 0.6 is 27.3 Å². The van der Waals surface area contributed by atoms with Crippen LogP contribution in [-0.4, -0.2) is 19.0 Å². The first-order chi connectivity index (χ1) is 6.24. The van der Waals surface area contributed by atoms with Gasteiger partial charge < -0.3 is 4.74 Å². The largest absolute Gasteiger partial charge is 0.373 e. The number of Topliss-reactive ketones (excluding diaryl/α,β-unsaturated/α-hetero) is 1. The molecule has 0 N–H and O–H groups in total. The van der Waals surface area contributed by atoms with E-state index in [9.17, 15) is 4.79 Å². The van der Waals surface area contributed by atoms with Gasteiger partial charge in [0.15, 0.2) is 5.78 Å². The minimum atomic E-state index is 0.0594. The quantitative estimate of drug-likeness (QED) is 0.602. The second kappa shape index (κ2) is 5.52. The Kier molecular flexibility index (Phi) is 4.62. The van der Waals surface area contributed by atoms with Gasteiger partial charge in [-0.25, -0.2) is 0 Å². The highest BCUT2D eigenvalue weighted by Gasteiger charge is 2.07. The van der Waals surface area contributed by atoms with Gasteiger partial charge >= 0.3 is 0 Å². The molecule has 0 spiro atoms. The third kappa shape index (κ3) is 3.58. The van der Waals surface area contributed by atoms with Crippen LogP contribution in [0.15, 0.2) is 15.9 Å². The van der Waals surface area contributed by atoms with Crippen molar-refractivity contribution in [2.75, 3.05) is 13.2 Å². The molecule has 0 bridgehead atoms. The van der Waals surface area contributed by atoms with Crippen molar-refractivity contribution >= 4 is 33.0 Å². The Morgan fingerprint density at radius 2 is 2.46 bits per heavy atom. The Morgan fingerprint density at radius 1 is 1.69 bits per heavy atom. The minimum absolute atomic E-state index is 0.0594. The summed E-state index contributed by atoms with van der Waals surface area (Å²) in [4.78, 5) is 12.2. The van der Waals surface area contributed by atoms with E-state index in [4.69, 9.17) is 4.74 Å². The summed E-state index contributed by atoms with van der Waals surface area (Å²) in [5.74, 6) is 0.0594. The molecule has 1 aromatic heterocycles. The Labute approximate surface area is 90.0 Å². The summed E-state index contributed by atoms with van der Waals surface area (Å²) < 4.78 is 6.11. The third-order valence-electron chi connectivity index (χ3n) is 1.42. The van der Waals surface area contributed by atoms with E-state index in [2.05, 4.69) is 15.9 Å². The van der Waals surface area contributed by atoms with E-state index in [1.165, 1.54) is 11.3 Å². The Morgan fingerprint density at radius 3 is 3.00 bits per heavy atom. The molecule has 13 heavy (non-hydrogen) atoms. The summed E-state index contributed by atoms with van der Waals surface area (Å²) in [6.45, 7) is 2.87. The Hall–Kier alpha value is -0.190. The molecule has 0 atom stereocenters. The van der Waals surface area contributed by atoms with Gasteiger partial charge in [-0.3, -0.25) is 4.79 Å². The van der Waals surface area contributed by atoms with Crippen LogP contribution in [0.5, 0.6) is 0 Å². The van der Waals surface area contributed by atoms with Gasteiger partial charge in [0.25, 0.3) is 0 Å². The van der Waals surface area contributed by atoms with Crippen molar-refractivity contribution in [3.05, 3.63) is 20.8 Å². The number of carbonyl (C=O) groups is 1. The average molecular weight is 263 g/mol. The monoisotopic (exact) mass is 262 g/mol. The van der Waals surface area contributed by atoms with Crippen LogP contribution < -0.4 is 0 Å². The van der Waals surface area contributed by atoms with Crippen molar-refractivity contribution in [2.45, 2.75) is 13.3 Å². The molecule has 1 aromatic rings. The first-order valence-corrected chi connectivity index (χ1v) is 5.76. The van der Waals surface area contributed by atoms with Crippen molar-refractivity contribution in [3.8, 4) is 0 Å². The number of hydrogen-bond acceptors (Lipinski definition) is 3. The lowest BCUT2D eigenvalue weighted by atomic mass is 10.3. The highest BCUT2D eigenvalue weighted by molar-refractivity contribution is 9.10. The summed E-state index contributed by atoms with van der Waals surface area (Å²) in [5.41, 5.74) is 0. The molecule has 0 amide bonds. The summed E-state index contributed by atoms with van der Waals surface area (Å²) in [7, 11) is 0. The molecule has 0 unspecified atom stereocenters. The van der Waals surface area contributed by atoms with Crippen LogP contribution in [0.4, 0.5) is 0 Å². The van der Waals surface area contributed by atoms with E-state index in [-0.39, 0.29) is 12.4 Å². The molecule has 4 heteroatoms. The van der Waals surface area contributed by atoms with Crippen LogP contribution in [0.3, 0.4) is 0 Å². The fourth-order valence-corrected chi connectivity index (χ4v) is 2.19. The van der Waals surface area contributed by atoms with Gasteiger partial charge in [0.1, 0.15) is 6.61 Å². The lowest BCUT2D eigenvalue weighted by molar-refractivity contribution is 0.0765. The number of thiophene rings is 1. The first-order valence-electron chi connectivity index (χ1n) is 4.09. The van der Waals surface area contributed by atoms with Crippen molar-refractivity contribution < 1.29 is 9.53 Å². The van der Waals surface area contributed by atoms with Gasteiger partial charge in [-0.05, 0) is 28.4 Å². The minimum Gasteiger partial charge on any atom is -0.373 e. The van der Waals surface area contributed by atoms with Crippen LogP contribution in [0.25, 0.3) is 0 Å². The second-order valence-corrected chi connectivity index (χ2v) is 4.43. The second-order valence-electron chi connectivity index (χ2n) is 2.60. The molecule has 1 heterocycles. The number of ether oxygens (including phenoxy) is 1. The number of carbonyl (C=O) groups excluding carboxylic acids is 1. The van der Waals surface area contributed by atoms with Gasteiger partial charge in [-0.15, -0.1) is 11.3 Å². The normalized spacial score (nSPS) is 10.3. The number of rotatable bonds is 5. The lowest BCUT2D eigenvalue weighted by Crippen LogP contribution is -2.07. The molecule has 0 aliphatic rings. The zero-order valence-corrected chi connectivity index (χ0v) is 9.78. The highest BCUT2D eigenvalue weighted by atomic mass is 79.9. The van der Waals surface area contributed by atoms with E-state index in [1.807, 2.05) is 18.4 Å². The molecule has 0 saturated heterocycles. The molecule has 0 aliphatic carbocycles. The predicted molar refractivity (Wildman–Crippen MR) is 57.5 cm³/mol. The average Bonchev–Trinajstić information content (AvgIpc) is 2.52. The maximum atomic E-state index is 11.4. The summed E-state index contributed by atoms with van der Waals surface area (Å²) in [6, 6.07) is 1.82. The Balaban J connectivity index is 2.40. The zero-order valence-electron chi connectivity index (χ0n) is 7.38. The molecular formula is C9H11BrO2S. The van der Waals surface area contributed by atoms with Crippen molar-refractivity contribution in [1.29, 1.82) is 0 Å². The fourth-order valence-electron chi connectivity index (χ4n) is 0.840. The maximum absolute atomic E-state index is 11.4. The summed E-state index contributed by atoms with van der Waals surface area (Å²) >= 11 is 4.74. The smallest absolute Gasteiger partial charge is 0.198 e. The zero-order chi connectivity index (χ0) is 9.68. The van der Waals surface area contributed by atoms with Gasteiger partial charge in [0.05, 0.1) is 4.88 Å². The van der Waals surface area contributed by atoms with Crippen LogP contribution in [0.1, 0.15) is 23.0 Å². The van der Waals surface area contributed by atoms with Gasteiger partial charge in [-0.1, -0.05) is 6.92 Å². The maximum Gasteiger partial charge on any atom is 0.198 e. The molecule has 0 aromatic carbocycles. The SMILES string of the molecule is CCCOCC(=O)c1cc(Br)cs1. The van der Waals surface area contributed by atoms with Crippen molar-refractivity contribution in [2.24, 2.45) is 0 Å². The lowest BCUT2D eigenvalue weighted by Gasteiger charge is -1.98. The highest BCUT2D eigenvalue weighted by Crippen LogP contribution is 2.20. The Bertz CT molecular complexity index is 283. The van der Waals surface area contributed by atoms with Crippen molar-refractivity contribution in [3.63, 3.8) is 0 Å². The molecule has 0 radical (unpaired) electrons. The van der Waals surface area contributed by atoms with E-state index in [0.29, 0.717) is 6.61 Å². The molecule has 2 nitrogen and oxygen atoms in total. The van der Waals surface area contributed by atoms with E-state index >= 15 is 0 Å². The van der Waals surface area contributed by atoms with Gasteiger partial charge in [-0.2, -0.15) is 0 Å².